The van der Waals surface area contributed by atoms with E-state index in [0.29, 0.717) is 12.5 Å². The molecule has 1 aliphatic rings. The molecule has 1 aromatic rings. The minimum absolute atomic E-state index is 0.312. The van der Waals surface area contributed by atoms with E-state index >= 15 is 0 Å². The number of hydrogen-bond acceptors (Lipinski definition) is 4. The van der Waals surface area contributed by atoms with Gasteiger partial charge >= 0.3 is 5.97 Å². The van der Waals surface area contributed by atoms with Crippen molar-refractivity contribution in [2.24, 2.45) is 5.92 Å². The molecule has 0 aliphatic heterocycles. The second-order valence-electron chi connectivity index (χ2n) is 5.21. The van der Waals surface area contributed by atoms with Crippen molar-refractivity contribution >= 4 is 16.0 Å². The van der Waals surface area contributed by atoms with Gasteiger partial charge in [0, 0.05) is 13.6 Å². The number of carboxylic acids is 1. The predicted molar refractivity (Wildman–Crippen MR) is 72.1 cm³/mol. The Morgan fingerprint density at radius 3 is 2.55 bits per heavy atom. The van der Waals surface area contributed by atoms with Crippen LogP contribution in [-0.4, -0.2) is 37.4 Å². The third-order valence-electron chi connectivity index (χ3n) is 3.70. The number of nitrogens with zero attached hydrogens (tertiary/aromatic N) is 1. The van der Waals surface area contributed by atoms with Crippen molar-refractivity contribution in [1.29, 1.82) is 0 Å². The molecule has 0 saturated heterocycles. The number of sulfonamides is 1. The molecule has 0 unspecified atom stereocenters. The smallest absolute Gasteiger partial charge is 0.371 e. The SMILES string of the molecule is CN(CC1CCCCC1)S(=O)(=O)c1ccc(C(=O)O)o1. The molecule has 1 fully saturated rings. The summed E-state index contributed by atoms with van der Waals surface area (Å²) in [5.74, 6) is -1.27. The van der Waals surface area contributed by atoms with Crippen molar-refractivity contribution in [1.82, 2.24) is 4.31 Å². The summed E-state index contributed by atoms with van der Waals surface area (Å²) in [6.07, 6.45) is 5.58. The van der Waals surface area contributed by atoms with Gasteiger partial charge < -0.3 is 9.52 Å². The molecule has 0 radical (unpaired) electrons. The van der Waals surface area contributed by atoms with Crippen LogP contribution in [0.2, 0.25) is 0 Å². The molecule has 1 saturated carbocycles. The van der Waals surface area contributed by atoms with E-state index in [-0.39, 0.29) is 10.9 Å². The van der Waals surface area contributed by atoms with Gasteiger partial charge in [-0.1, -0.05) is 19.3 Å². The van der Waals surface area contributed by atoms with Gasteiger partial charge in [0.25, 0.3) is 10.0 Å². The fourth-order valence-corrected chi connectivity index (χ4v) is 3.71. The monoisotopic (exact) mass is 301 g/mol. The lowest BCUT2D eigenvalue weighted by Gasteiger charge is -2.25. The van der Waals surface area contributed by atoms with Crippen LogP contribution in [0.5, 0.6) is 0 Å². The third-order valence-corrected chi connectivity index (χ3v) is 5.39. The first-order valence-electron chi connectivity index (χ1n) is 6.70. The van der Waals surface area contributed by atoms with Crippen LogP contribution in [0.15, 0.2) is 21.6 Å². The van der Waals surface area contributed by atoms with Crippen LogP contribution in [-0.2, 0) is 10.0 Å². The summed E-state index contributed by atoms with van der Waals surface area (Å²) in [4.78, 5) is 10.7. The largest absolute Gasteiger partial charge is 0.475 e. The Bertz CT molecular complexity index is 571. The highest BCUT2D eigenvalue weighted by Crippen LogP contribution is 2.26. The fourth-order valence-electron chi connectivity index (χ4n) is 2.56. The molecular weight excluding hydrogens is 282 g/mol. The lowest BCUT2D eigenvalue weighted by molar-refractivity contribution is 0.0656. The lowest BCUT2D eigenvalue weighted by atomic mass is 9.89. The maximum atomic E-state index is 12.3. The van der Waals surface area contributed by atoms with Gasteiger partial charge in [0.2, 0.25) is 10.9 Å². The van der Waals surface area contributed by atoms with E-state index in [9.17, 15) is 13.2 Å². The van der Waals surface area contributed by atoms with E-state index < -0.39 is 16.0 Å². The molecule has 0 spiro atoms. The van der Waals surface area contributed by atoms with E-state index in [1.807, 2.05) is 0 Å². The van der Waals surface area contributed by atoms with E-state index in [1.165, 1.54) is 23.8 Å². The standard InChI is InChI=1S/C13H19NO5S/c1-14(9-10-5-3-2-4-6-10)20(17,18)12-8-7-11(19-12)13(15)16/h7-8,10H,2-6,9H2,1H3,(H,15,16). The summed E-state index contributed by atoms with van der Waals surface area (Å²) in [5.41, 5.74) is 0. The van der Waals surface area contributed by atoms with Gasteiger partial charge in [-0.25, -0.2) is 13.2 Å². The van der Waals surface area contributed by atoms with E-state index in [0.717, 1.165) is 31.7 Å². The summed E-state index contributed by atoms with van der Waals surface area (Å²) in [7, 11) is -2.24. The first-order chi connectivity index (χ1) is 9.41. The minimum atomic E-state index is -3.75. The van der Waals surface area contributed by atoms with Crippen molar-refractivity contribution in [2.45, 2.75) is 37.2 Å². The molecule has 6 nitrogen and oxygen atoms in total. The Balaban J connectivity index is 2.09. The molecule has 1 aromatic heterocycles. The van der Waals surface area contributed by atoms with Crippen molar-refractivity contribution in [2.75, 3.05) is 13.6 Å². The number of rotatable bonds is 5. The van der Waals surface area contributed by atoms with Crippen molar-refractivity contribution in [3.05, 3.63) is 17.9 Å². The Labute approximate surface area is 118 Å². The molecule has 0 bridgehead atoms. The molecule has 0 atom stereocenters. The van der Waals surface area contributed by atoms with Crippen molar-refractivity contribution < 1.29 is 22.7 Å². The van der Waals surface area contributed by atoms with Crippen LogP contribution in [0.25, 0.3) is 0 Å². The van der Waals surface area contributed by atoms with Gasteiger partial charge in [0.1, 0.15) is 0 Å². The highest BCUT2D eigenvalue weighted by molar-refractivity contribution is 7.89. The van der Waals surface area contributed by atoms with Crippen LogP contribution < -0.4 is 0 Å². The molecule has 1 heterocycles. The van der Waals surface area contributed by atoms with Crippen LogP contribution in [0.1, 0.15) is 42.7 Å². The van der Waals surface area contributed by atoms with Gasteiger partial charge in [0.05, 0.1) is 0 Å². The maximum absolute atomic E-state index is 12.3. The predicted octanol–water partition coefficient (Wildman–Crippen LogP) is 2.18. The van der Waals surface area contributed by atoms with Crippen LogP contribution in [0, 0.1) is 5.92 Å². The number of hydrogen-bond donors (Lipinski definition) is 1. The summed E-state index contributed by atoms with van der Waals surface area (Å²) < 4.78 is 30.7. The quantitative estimate of drug-likeness (QED) is 0.900. The van der Waals surface area contributed by atoms with Gasteiger partial charge in [-0.3, -0.25) is 0 Å². The zero-order valence-corrected chi connectivity index (χ0v) is 12.2. The number of aromatic carboxylic acids is 1. The third kappa shape index (κ3) is 3.21. The molecule has 2 rings (SSSR count). The molecule has 112 valence electrons. The topological polar surface area (TPSA) is 87.8 Å². The van der Waals surface area contributed by atoms with E-state index in [2.05, 4.69) is 0 Å². The van der Waals surface area contributed by atoms with Gasteiger partial charge in [-0.15, -0.1) is 0 Å². The first-order valence-corrected chi connectivity index (χ1v) is 8.14. The second kappa shape index (κ2) is 5.97. The summed E-state index contributed by atoms with van der Waals surface area (Å²) in [6, 6.07) is 2.35. The van der Waals surface area contributed by atoms with Crippen LogP contribution in [0.4, 0.5) is 0 Å². The highest BCUT2D eigenvalue weighted by Gasteiger charge is 2.28. The zero-order chi connectivity index (χ0) is 14.8. The fraction of sp³-hybridized carbons (Fsp3) is 0.615. The molecule has 7 heteroatoms. The van der Waals surface area contributed by atoms with E-state index in [4.69, 9.17) is 9.52 Å². The summed E-state index contributed by atoms with van der Waals surface area (Å²) in [5, 5.41) is 8.45. The number of carboxylic acid groups (broad SMARTS) is 1. The van der Waals surface area contributed by atoms with Crippen LogP contribution in [0.3, 0.4) is 0 Å². The second-order valence-corrected chi connectivity index (χ2v) is 7.19. The number of carbonyl (C=O) groups is 1. The molecular formula is C13H19NO5S. The lowest BCUT2D eigenvalue weighted by Crippen LogP contribution is -2.32. The molecule has 1 N–H and O–H groups in total. The summed E-state index contributed by atoms with van der Waals surface area (Å²) in [6.45, 7) is 0.450. The van der Waals surface area contributed by atoms with E-state index in [1.54, 1.807) is 0 Å². The first kappa shape index (κ1) is 15.1. The number of furan rings is 1. The molecule has 0 amide bonds. The molecule has 0 aromatic carbocycles. The van der Waals surface area contributed by atoms with Gasteiger partial charge in [-0.2, -0.15) is 4.31 Å². The minimum Gasteiger partial charge on any atom is -0.475 e. The Hall–Kier alpha value is -1.34. The normalized spacial score (nSPS) is 17.5. The van der Waals surface area contributed by atoms with Gasteiger partial charge in [0.15, 0.2) is 0 Å². The molecule has 20 heavy (non-hydrogen) atoms. The molecule has 1 aliphatic carbocycles. The van der Waals surface area contributed by atoms with Crippen molar-refractivity contribution in [3.63, 3.8) is 0 Å². The summed E-state index contributed by atoms with van der Waals surface area (Å²) >= 11 is 0. The Kier molecular flexibility index (Phi) is 4.49. The average Bonchev–Trinajstić information content (AvgIpc) is 2.90. The Morgan fingerprint density at radius 1 is 1.35 bits per heavy atom. The van der Waals surface area contributed by atoms with Crippen LogP contribution >= 0.6 is 0 Å². The average molecular weight is 301 g/mol. The maximum Gasteiger partial charge on any atom is 0.371 e. The van der Waals surface area contributed by atoms with Crippen molar-refractivity contribution in [3.8, 4) is 0 Å². The van der Waals surface area contributed by atoms with Gasteiger partial charge in [-0.05, 0) is 30.9 Å². The zero-order valence-electron chi connectivity index (χ0n) is 11.4. The Morgan fingerprint density at radius 2 is 2.00 bits per heavy atom. The highest BCUT2D eigenvalue weighted by atomic mass is 32.2.